The molecule has 0 amide bonds. The molecule has 0 aliphatic rings. The molecule has 1 unspecified atom stereocenters. The molecule has 6 heteroatoms. The second kappa shape index (κ2) is 9.33. The van der Waals surface area contributed by atoms with E-state index in [1.54, 1.807) is 17.8 Å². The van der Waals surface area contributed by atoms with E-state index in [4.69, 9.17) is 5.11 Å². The number of halogens is 3. The van der Waals surface area contributed by atoms with Gasteiger partial charge in [0.15, 0.2) is 0 Å². The first kappa shape index (κ1) is 18.3. The first-order chi connectivity index (χ1) is 9.99. The number of benzene rings is 1. The lowest BCUT2D eigenvalue weighted by Crippen LogP contribution is -2.24. The SMILES string of the molecule is CCCNC(CSCCCO)c1cccc(C(F)(F)F)c1. The summed E-state index contributed by atoms with van der Waals surface area (Å²) < 4.78 is 38.3. The molecule has 1 rings (SSSR count). The van der Waals surface area contributed by atoms with E-state index >= 15 is 0 Å². The fourth-order valence-electron chi connectivity index (χ4n) is 1.89. The molecule has 1 aromatic rings. The van der Waals surface area contributed by atoms with Gasteiger partial charge in [0.2, 0.25) is 0 Å². The fraction of sp³-hybridized carbons (Fsp3) is 0.600. The summed E-state index contributed by atoms with van der Waals surface area (Å²) in [7, 11) is 0. The summed E-state index contributed by atoms with van der Waals surface area (Å²) >= 11 is 1.64. The van der Waals surface area contributed by atoms with Crippen molar-refractivity contribution in [3.8, 4) is 0 Å². The molecule has 0 bridgehead atoms. The highest BCUT2D eigenvalue weighted by Gasteiger charge is 2.30. The van der Waals surface area contributed by atoms with Gasteiger partial charge in [-0.15, -0.1) is 0 Å². The number of hydrogen-bond donors (Lipinski definition) is 2. The maximum absolute atomic E-state index is 12.8. The number of hydrogen-bond acceptors (Lipinski definition) is 3. The normalized spacial score (nSPS) is 13.4. The second-order valence-electron chi connectivity index (χ2n) is 4.78. The van der Waals surface area contributed by atoms with Gasteiger partial charge in [-0.2, -0.15) is 24.9 Å². The summed E-state index contributed by atoms with van der Waals surface area (Å²) in [5.41, 5.74) is 0.0541. The standard InChI is InChI=1S/C15H22F3NOS/c1-2-7-19-14(11-21-9-4-8-20)12-5-3-6-13(10-12)15(16,17)18/h3,5-6,10,14,19-20H,2,4,7-9,11H2,1H3. The van der Waals surface area contributed by atoms with Gasteiger partial charge in [0, 0.05) is 18.4 Å². The molecular formula is C15H22F3NOS. The lowest BCUT2D eigenvalue weighted by molar-refractivity contribution is -0.137. The molecule has 0 saturated carbocycles. The number of rotatable bonds is 9. The highest BCUT2D eigenvalue weighted by atomic mass is 32.2. The van der Waals surface area contributed by atoms with E-state index in [9.17, 15) is 13.2 Å². The average Bonchev–Trinajstić information content (AvgIpc) is 2.46. The van der Waals surface area contributed by atoms with Crippen LogP contribution in [-0.2, 0) is 6.18 Å². The molecule has 0 saturated heterocycles. The van der Waals surface area contributed by atoms with Gasteiger partial charge < -0.3 is 10.4 Å². The highest BCUT2D eigenvalue weighted by Crippen LogP contribution is 2.31. The smallest absolute Gasteiger partial charge is 0.396 e. The molecular weight excluding hydrogens is 299 g/mol. The van der Waals surface area contributed by atoms with E-state index < -0.39 is 11.7 Å². The Morgan fingerprint density at radius 1 is 1.33 bits per heavy atom. The van der Waals surface area contributed by atoms with Crippen LogP contribution in [0.3, 0.4) is 0 Å². The quantitative estimate of drug-likeness (QED) is 0.677. The minimum atomic E-state index is -4.31. The number of aliphatic hydroxyl groups excluding tert-OH is 1. The third-order valence-corrected chi connectivity index (χ3v) is 4.13. The maximum atomic E-state index is 12.8. The summed E-state index contributed by atoms with van der Waals surface area (Å²) in [6.07, 6.45) is -2.68. The van der Waals surface area contributed by atoms with Crippen LogP contribution < -0.4 is 5.32 Å². The molecule has 1 atom stereocenters. The third-order valence-electron chi connectivity index (χ3n) is 2.99. The number of aliphatic hydroxyl groups is 1. The Bertz CT molecular complexity index is 412. The van der Waals surface area contributed by atoms with E-state index in [1.807, 2.05) is 6.92 Å². The molecule has 0 aliphatic carbocycles. The molecule has 0 fully saturated rings. The molecule has 0 heterocycles. The van der Waals surface area contributed by atoms with Crippen molar-refractivity contribution in [2.45, 2.75) is 32.0 Å². The number of alkyl halides is 3. The van der Waals surface area contributed by atoms with Crippen molar-refractivity contribution in [1.29, 1.82) is 0 Å². The van der Waals surface area contributed by atoms with Gasteiger partial charge >= 0.3 is 6.18 Å². The maximum Gasteiger partial charge on any atom is 0.416 e. The number of nitrogens with one attached hydrogen (secondary N) is 1. The zero-order valence-corrected chi connectivity index (χ0v) is 12.9. The van der Waals surface area contributed by atoms with Crippen molar-refractivity contribution in [3.63, 3.8) is 0 Å². The molecule has 0 spiro atoms. The predicted octanol–water partition coefficient (Wildman–Crippen LogP) is 3.86. The Hall–Kier alpha value is -0.720. The second-order valence-corrected chi connectivity index (χ2v) is 5.93. The topological polar surface area (TPSA) is 32.3 Å². The molecule has 2 N–H and O–H groups in total. The van der Waals surface area contributed by atoms with Crippen LogP contribution >= 0.6 is 11.8 Å². The summed E-state index contributed by atoms with van der Waals surface area (Å²) in [5, 5.41) is 12.1. The van der Waals surface area contributed by atoms with Gasteiger partial charge in [0.05, 0.1) is 5.56 Å². The van der Waals surface area contributed by atoms with E-state index in [0.717, 1.165) is 24.8 Å². The Morgan fingerprint density at radius 2 is 2.10 bits per heavy atom. The van der Waals surface area contributed by atoms with Crippen LogP contribution in [0.25, 0.3) is 0 Å². The first-order valence-electron chi connectivity index (χ1n) is 7.08. The number of thioether (sulfide) groups is 1. The lowest BCUT2D eigenvalue weighted by atomic mass is 10.0. The molecule has 0 radical (unpaired) electrons. The Labute approximate surface area is 128 Å². The van der Waals surface area contributed by atoms with Gasteiger partial charge in [-0.3, -0.25) is 0 Å². The molecule has 120 valence electrons. The van der Waals surface area contributed by atoms with Gasteiger partial charge in [-0.05, 0) is 42.8 Å². The first-order valence-corrected chi connectivity index (χ1v) is 8.23. The Morgan fingerprint density at radius 3 is 2.71 bits per heavy atom. The van der Waals surface area contributed by atoms with E-state index in [2.05, 4.69) is 5.32 Å². The van der Waals surface area contributed by atoms with E-state index in [-0.39, 0.29) is 12.6 Å². The van der Waals surface area contributed by atoms with Crippen LogP contribution in [0.2, 0.25) is 0 Å². The van der Waals surface area contributed by atoms with Crippen molar-refractivity contribution < 1.29 is 18.3 Å². The van der Waals surface area contributed by atoms with Crippen LogP contribution in [0, 0.1) is 0 Å². The molecule has 2 nitrogen and oxygen atoms in total. The summed E-state index contributed by atoms with van der Waals surface area (Å²) in [6.45, 7) is 2.93. The minimum absolute atomic E-state index is 0.101. The van der Waals surface area contributed by atoms with Crippen LogP contribution in [0.1, 0.15) is 36.9 Å². The van der Waals surface area contributed by atoms with Crippen molar-refractivity contribution in [3.05, 3.63) is 35.4 Å². The van der Waals surface area contributed by atoms with Crippen molar-refractivity contribution >= 4 is 11.8 Å². The monoisotopic (exact) mass is 321 g/mol. The summed E-state index contributed by atoms with van der Waals surface area (Å²) in [5.74, 6) is 1.50. The zero-order chi connectivity index (χ0) is 15.7. The molecule has 21 heavy (non-hydrogen) atoms. The van der Waals surface area contributed by atoms with Crippen LogP contribution in [0.15, 0.2) is 24.3 Å². The molecule has 0 aromatic heterocycles. The lowest BCUT2D eigenvalue weighted by Gasteiger charge is -2.20. The van der Waals surface area contributed by atoms with Crippen molar-refractivity contribution in [2.24, 2.45) is 0 Å². The van der Waals surface area contributed by atoms with Crippen molar-refractivity contribution in [1.82, 2.24) is 5.32 Å². The zero-order valence-electron chi connectivity index (χ0n) is 12.1. The summed E-state index contributed by atoms with van der Waals surface area (Å²) in [6, 6.07) is 5.40. The average molecular weight is 321 g/mol. The van der Waals surface area contributed by atoms with Crippen LogP contribution in [-0.4, -0.2) is 29.8 Å². The molecule has 1 aromatic carbocycles. The highest BCUT2D eigenvalue weighted by molar-refractivity contribution is 7.99. The Balaban J connectivity index is 2.76. The minimum Gasteiger partial charge on any atom is -0.396 e. The Kier molecular flexibility index (Phi) is 8.14. The molecule has 0 aliphatic heterocycles. The third kappa shape index (κ3) is 6.72. The fourth-order valence-corrected chi connectivity index (χ4v) is 2.94. The predicted molar refractivity (Wildman–Crippen MR) is 81.5 cm³/mol. The van der Waals surface area contributed by atoms with Crippen LogP contribution in [0.5, 0.6) is 0 Å². The van der Waals surface area contributed by atoms with Gasteiger partial charge in [-0.25, -0.2) is 0 Å². The largest absolute Gasteiger partial charge is 0.416 e. The van der Waals surface area contributed by atoms with E-state index in [1.165, 1.54) is 12.1 Å². The summed E-state index contributed by atoms with van der Waals surface area (Å²) in [4.78, 5) is 0. The van der Waals surface area contributed by atoms with Gasteiger partial charge in [0.25, 0.3) is 0 Å². The van der Waals surface area contributed by atoms with Gasteiger partial charge in [0.1, 0.15) is 0 Å². The van der Waals surface area contributed by atoms with Crippen LogP contribution in [0.4, 0.5) is 13.2 Å². The van der Waals surface area contributed by atoms with E-state index in [0.29, 0.717) is 17.7 Å². The van der Waals surface area contributed by atoms with Gasteiger partial charge in [-0.1, -0.05) is 19.1 Å². The van der Waals surface area contributed by atoms with Crippen molar-refractivity contribution in [2.75, 3.05) is 24.7 Å².